The zero-order chi connectivity index (χ0) is 14.1. The standard InChI is InChI=1S/C16H31N3/c1-15-8-4-5-12-19(15)13-7-11-18-10-6-9-16(2,3)14-17/h15,18H,4-13H2,1-3H3. The van der Waals surface area contributed by atoms with Crippen molar-refractivity contribution in [1.82, 2.24) is 10.2 Å². The second kappa shape index (κ2) is 8.55. The van der Waals surface area contributed by atoms with Crippen LogP contribution in [-0.2, 0) is 0 Å². The highest BCUT2D eigenvalue weighted by Crippen LogP contribution is 2.20. The fourth-order valence-corrected chi connectivity index (χ4v) is 2.73. The van der Waals surface area contributed by atoms with Crippen molar-refractivity contribution >= 4 is 0 Å². The van der Waals surface area contributed by atoms with E-state index in [1.54, 1.807) is 0 Å². The summed E-state index contributed by atoms with van der Waals surface area (Å²) in [6, 6.07) is 3.14. The Balaban J connectivity index is 1.95. The Kier molecular flexibility index (Phi) is 7.41. The molecule has 19 heavy (non-hydrogen) atoms. The number of nitrogens with one attached hydrogen (secondary N) is 1. The van der Waals surface area contributed by atoms with E-state index in [0.29, 0.717) is 0 Å². The number of hydrogen-bond acceptors (Lipinski definition) is 3. The summed E-state index contributed by atoms with van der Waals surface area (Å²) in [6.07, 6.45) is 7.48. The molecule has 3 heteroatoms. The molecule has 1 fully saturated rings. The number of nitriles is 1. The van der Waals surface area contributed by atoms with Crippen molar-refractivity contribution in [2.24, 2.45) is 5.41 Å². The maximum atomic E-state index is 8.93. The van der Waals surface area contributed by atoms with Crippen molar-refractivity contribution in [1.29, 1.82) is 5.26 Å². The van der Waals surface area contributed by atoms with Gasteiger partial charge in [0.15, 0.2) is 0 Å². The number of rotatable bonds is 8. The second-order valence-corrected chi connectivity index (χ2v) is 6.58. The van der Waals surface area contributed by atoms with Gasteiger partial charge in [0.2, 0.25) is 0 Å². The number of piperidine rings is 1. The van der Waals surface area contributed by atoms with E-state index >= 15 is 0 Å². The molecule has 1 N–H and O–H groups in total. The van der Waals surface area contributed by atoms with Gasteiger partial charge < -0.3 is 10.2 Å². The van der Waals surface area contributed by atoms with Crippen LogP contribution in [-0.4, -0.2) is 37.1 Å². The summed E-state index contributed by atoms with van der Waals surface area (Å²) in [5.74, 6) is 0. The van der Waals surface area contributed by atoms with Crippen LogP contribution in [0.25, 0.3) is 0 Å². The van der Waals surface area contributed by atoms with Crippen LogP contribution in [0.4, 0.5) is 0 Å². The van der Waals surface area contributed by atoms with E-state index in [9.17, 15) is 0 Å². The van der Waals surface area contributed by atoms with Crippen LogP contribution >= 0.6 is 0 Å². The summed E-state index contributed by atoms with van der Waals surface area (Å²) < 4.78 is 0. The maximum Gasteiger partial charge on any atom is 0.0683 e. The fourth-order valence-electron chi connectivity index (χ4n) is 2.73. The Labute approximate surface area is 119 Å². The van der Waals surface area contributed by atoms with Gasteiger partial charge in [0.05, 0.1) is 11.5 Å². The van der Waals surface area contributed by atoms with Gasteiger partial charge in [-0.25, -0.2) is 0 Å². The number of likely N-dealkylation sites (tertiary alicyclic amines) is 1. The minimum atomic E-state index is -0.162. The molecule has 1 aliphatic rings. The molecule has 0 spiro atoms. The van der Waals surface area contributed by atoms with Crippen molar-refractivity contribution in [3.05, 3.63) is 0 Å². The van der Waals surface area contributed by atoms with Gasteiger partial charge in [-0.3, -0.25) is 0 Å². The first kappa shape index (κ1) is 16.5. The molecule has 110 valence electrons. The fraction of sp³-hybridized carbons (Fsp3) is 0.938. The van der Waals surface area contributed by atoms with Crippen molar-refractivity contribution in [3.63, 3.8) is 0 Å². The van der Waals surface area contributed by atoms with Gasteiger partial charge in [-0.1, -0.05) is 6.42 Å². The first-order valence-electron chi connectivity index (χ1n) is 7.91. The molecule has 0 aromatic heterocycles. The molecule has 0 saturated carbocycles. The Morgan fingerprint density at radius 3 is 2.68 bits per heavy atom. The SMILES string of the molecule is CC1CCCCN1CCCNCCCC(C)(C)C#N. The normalized spacial score (nSPS) is 21.3. The first-order valence-corrected chi connectivity index (χ1v) is 7.91. The molecule has 1 aliphatic heterocycles. The molecule has 1 unspecified atom stereocenters. The lowest BCUT2D eigenvalue weighted by atomic mass is 9.90. The lowest BCUT2D eigenvalue weighted by Gasteiger charge is -2.33. The van der Waals surface area contributed by atoms with E-state index in [4.69, 9.17) is 5.26 Å². The molecule has 1 heterocycles. The van der Waals surface area contributed by atoms with E-state index in [-0.39, 0.29) is 5.41 Å². The second-order valence-electron chi connectivity index (χ2n) is 6.58. The molecule has 0 amide bonds. The van der Waals surface area contributed by atoms with Gasteiger partial charge in [-0.15, -0.1) is 0 Å². The van der Waals surface area contributed by atoms with Crippen LogP contribution in [0.2, 0.25) is 0 Å². The predicted octanol–water partition coefficient (Wildman–Crippen LogP) is 3.17. The van der Waals surface area contributed by atoms with Crippen LogP contribution in [0.5, 0.6) is 0 Å². The summed E-state index contributed by atoms with van der Waals surface area (Å²) >= 11 is 0. The average Bonchev–Trinajstić information content (AvgIpc) is 2.39. The minimum Gasteiger partial charge on any atom is -0.317 e. The third-order valence-corrected chi connectivity index (χ3v) is 4.20. The number of nitrogens with zero attached hydrogens (tertiary/aromatic N) is 2. The van der Waals surface area contributed by atoms with Crippen LogP contribution in [0, 0.1) is 16.7 Å². The van der Waals surface area contributed by atoms with Crippen molar-refractivity contribution < 1.29 is 0 Å². The van der Waals surface area contributed by atoms with E-state index in [0.717, 1.165) is 32.0 Å². The van der Waals surface area contributed by atoms with Gasteiger partial charge in [0.1, 0.15) is 0 Å². The highest BCUT2D eigenvalue weighted by molar-refractivity contribution is 4.91. The molecule has 0 aliphatic carbocycles. The van der Waals surface area contributed by atoms with Crippen LogP contribution in [0.1, 0.15) is 59.3 Å². The third kappa shape index (κ3) is 6.94. The monoisotopic (exact) mass is 265 g/mol. The molecule has 1 rings (SSSR count). The summed E-state index contributed by atoms with van der Waals surface area (Å²) in [5, 5.41) is 12.4. The van der Waals surface area contributed by atoms with Crippen LogP contribution in [0.15, 0.2) is 0 Å². The van der Waals surface area contributed by atoms with Crippen molar-refractivity contribution in [2.45, 2.75) is 65.3 Å². The Bertz CT molecular complexity index is 280. The smallest absolute Gasteiger partial charge is 0.0683 e. The zero-order valence-corrected chi connectivity index (χ0v) is 13.0. The number of hydrogen-bond donors (Lipinski definition) is 1. The lowest BCUT2D eigenvalue weighted by Crippen LogP contribution is -2.38. The summed E-state index contributed by atoms with van der Waals surface area (Å²) in [6.45, 7) is 11.1. The quantitative estimate of drug-likeness (QED) is 0.685. The topological polar surface area (TPSA) is 39.1 Å². The van der Waals surface area contributed by atoms with Crippen LogP contribution in [0.3, 0.4) is 0 Å². The molecule has 0 aromatic rings. The van der Waals surface area contributed by atoms with Gasteiger partial charge in [-0.05, 0) is 79.1 Å². The Hall–Kier alpha value is -0.590. The highest BCUT2D eigenvalue weighted by Gasteiger charge is 2.17. The third-order valence-electron chi connectivity index (χ3n) is 4.20. The zero-order valence-electron chi connectivity index (χ0n) is 13.0. The maximum absolute atomic E-state index is 8.93. The molecular formula is C16H31N3. The molecular weight excluding hydrogens is 234 g/mol. The molecule has 1 saturated heterocycles. The van der Waals surface area contributed by atoms with Gasteiger partial charge in [0.25, 0.3) is 0 Å². The molecule has 0 aromatic carbocycles. The molecule has 0 radical (unpaired) electrons. The van der Waals surface area contributed by atoms with Gasteiger partial charge in [-0.2, -0.15) is 5.26 Å². The Morgan fingerprint density at radius 1 is 1.26 bits per heavy atom. The predicted molar refractivity (Wildman–Crippen MR) is 81.0 cm³/mol. The van der Waals surface area contributed by atoms with E-state index in [1.165, 1.54) is 38.8 Å². The summed E-state index contributed by atoms with van der Waals surface area (Å²) in [5.41, 5.74) is -0.162. The minimum absolute atomic E-state index is 0.162. The van der Waals surface area contributed by atoms with E-state index < -0.39 is 0 Å². The highest BCUT2D eigenvalue weighted by atomic mass is 15.2. The van der Waals surface area contributed by atoms with Crippen molar-refractivity contribution in [2.75, 3.05) is 26.2 Å². The van der Waals surface area contributed by atoms with Crippen molar-refractivity contribution in [3.8, 4) is 6.07 Å². The molecule has 0 bridgehead atoms. The van der Waals surface area contributed by atoms with Crippen LogP contribution < -0.4 is 5.32 Å². The van der Waals surface area contributed by atoms with E-state index in [1.807, 2.05) is 13.8 Å². The lowest BCUT2D eigenvalue weighted by molar-refractivity contribution is 0.159. The first-order chi connectivity index (χ1) is 9.05. The van der Waals surface area contributed by atoms with Gasteiger partial charge >= 0.3 is 0 Å². The average molecular weight is 265 g/mol. The van der Waals surface area contributed by atoms with Gasteiger partial charge in [0, 0.05) is 6.04 Å². The molecule has 3 nitrogen and oxygen atoms in total. The largest absolute Gasteiger partial charge is 0.317 e. The molecule has 1 atom stereocenters. The summed E-state index contributed by atoms with van der Waals surface area (Å²) in [7, 11) is 0. The van der Waals surface area contributed by atoms with E-state index in [2.05, 4.69) is 23.2 Å². The summed E-state index contributed by atoms with van der Waals surface area (Å²) in [4.78, 5) is 2.63. The Morgan fingerprint density at radius 2 is 2.00 bits per heavy atom.